The molecule has 2 heteroatoms. The van der Waals surface area contributed by atoms with E-state index in [-0.39, 0.29) is 40.1 Å². The summed E-state index contributed by atoms with van der Waals surface area (Å²) in [6.45, 7) is 4.00. The summed E-state index contributed by atoms with van der Waals surface area (Å²) >= 11 is 0. The van der Waals surface area contributed by atoms with Crippen molar-refractivity contribution in [3.8, 4) is 0 Å². The minimum absolute atomic E-state index is 0. The van der Waals surface area contributed by atoms with E-state index >= 15 is 0 Å². The van der Waals surface area contributed by atoms with Crippen molar-refractivity contribution in [1.29, 1.82) is 0 Å². The summed E-state index contributed by atoms with van der Waals surface area (Å²) in [5.41, 5.74) is 6.00. The van der Waals surface area contributed by atoms with Gasteiger partial charge in [0.15, 0.2) is 0 Å². The second-order valence-electron chi connectivity index (χ2n) is 1.32. The normalized spacial score (nSPS) is 6.00. The second-order valence-corrected chi connectivity index (χ2v) is 1.32. The first-order valence-electron chi connectivity index (χ1n) is 3.12. The van der Waals surface area contributed by atoms with Gasteiger partial charge in [0.1, 0.15) is 0 Å². The topological polar surface area (TPSA) is 26.0 Å². The summed E-state index contributed by atoms with van der Waals surface area (Å²) in [6.07, 6.45) is 0. The zero-order chi connectivity index (χ0) is 7.11. The zero-order valence-electron chi connectivity index (χ0n) is 7.46. The summed E-state index contributed by atoms with van der Waals surface area (Å²) in [4.78, 5) is 0. The van der Waals surface area contributed by atoms with E-state index in [1.165, 1.54) is 0 Å². The summed E-state index contributed by atoms with van der Waals surface area (Å²) < 4.78 is 0. The number of hydrogen-bond donors (Lipinski definition) is 1. The van der Waals surface area contributed by atoms with Gasteiger partial charge in [0.25, 0.3) is 0 Å². The van der Waals surface area contributed by atoms with Crippen LogP contribution in [0.5, 0.6) is 0 Å². The molecule has 0 unspecified atom stereocenters. The molecule has 1 aromatic rings. The van der Waals surface area contributed by atoms with E-state index in [2.05, 4.69) is 6.07 Å². The standard InChI is InChI=1S/C6H6N.C2H6.CH3.Y/c7-6-4-2-1-3-5-6;1-2;;/h1-4H,7H2;1-2H3;1H3;/q-1;;-1;. The number of nitrogen functional groups attached to an aromatic ring is 1. The third-order valence-corrected chi connectivity index (χ3v) is 0.733. The van der Waals surface area contributed by atoms with Crippen LogP contribution in [-0.2, 0) is 32.7 Å². The average molecular weight is 226 g/mol. The Morgan fingerprint density at radius 2 is 1.82 bits per heavy atom. The van der Waals surface area contributed by atoms with Gasteiger partial charge in [-0.3, -0.25) is 0 Å². The van der Waals surface area contributed by atoms with Crippen LogP contribution in [0.1, 0.15) is 13.8 Å². The van der Waals surface area contributed by atoms with Crippen LogP contribution >= 0.6 is 0 Å². The Bertz CT molecular complexity index is 139. The third kappa shape index (κ3) is 10.1. The van der Waals surface area contributed by atoms with Crippen molar-refractivity contribution in [2.75, 3.05) is 5.73 Å². The number of hydrogen-bond acceptors (Lipinski definition) is 1. The van der Waals surface area contributed by atoms with Crippen molar-refractivity contribution in [2.24, 2.45) is 0 Å². The van der Waals surface area contributed by atoms with Crippen molar-refractivity contribution >= 4 is 5.69 Å². The van der Waals surface area contributed by atoms with E-state index < -0.39 is 0 Å². The van der Waals surface area contributed by atoms with Gasteiger partial charge in [-0.05, 0) is 0 Å². The monoisotopic (exact) mass is 226 g/mol. The van der Waals surface area contributed by atoms with Crippen molar-refractivity contribution < 1.29 is 32.7 Å². The molecule has 0 bridgehead atoms. The van der Waals surface area contributed by atoms with Gasteiger partial charge < -0.3 is 13.2 Å². The Labute approximate surface area is 95.3 Å². The smallest absolute Gasteiger partial charge is 0 e. The fourth-order valence-electron chi connectivity index (χ4n) is 0.407. The molecule has 61 valence electrons. The molecule has 0 aliphatic carbocycles. The van der Waals surface area contributed by atoms with Gasteiger partial charge in [0, 0.05) is 32.7 Å². The Balaban J connectivity index is -0.000000149. The summed E-state index contributed by atoms with van der Waals surface area (Å²) in [5.74, 6) is 0. The Kier molecular flexibility index (Phi) is 20.1. The van der Waals surface area contributed by atoms with Crippen LogP contribution in [0.2, 0.25) is 0 Å². The first kappa shape index (κ1) is 17.3. The fraction of sp³-hybridized carbons (Fsp3) is 0.222. The Morgan fingerprint density at radius 1 is 1.27 bits per heavy atom. The molecule has 0 atom stereocenters. The average Bonchev–Trinajstić information content (AvgIpc) is 1.94. The van der Waals surface area contributed by atoms with Crippen molar-refractivity contribution in [3.63, 3.8) is 0 Å². The molecule has 11 heavy (non-hydrogen) atoms. The summed E-state index contributed by atoms with van der Waals surface area (Å²) in [7, 11) is 0. The molecular weight excluding hydrogens is 211 g/mol. The maximum absolute atomic E-state index is 5.30. The molecule has 0 saturated carbocycles. The van der Waals surface area contributed by atoms with Gasteiger partial charge in [0.05, 0.1) is 0 Å². The van der Waals surface area contributed by atoms with Crippen molar-refractivity contribution in [3.05, 3.63) is 37.8 Å². The van der Waals surface area contributed by atoms with Gasteiger partial charge in [-0.25, -0.2) is 0 Å². The van der Waals surface area contributed by atoms with Gasteiger partial charge in [-0.15, -0.1) is 6.07 Å². The van der Waals surface area contributed by atoms with Gasteiger partial charge in [0.2, 0.25) is 0 Å². The second kappa shape index (κ2) is 12.8. The molecule has 0 fully saturated rings. The maximum atomic E-state index is 5.30. The maximum Gasteiger partial charge on any atom is 0 e. The van der Waals surface area contributed by atoms with Crippen LogP contribution in [0.3, 0.4) is 0 Å². The van der Waals surface area contributed by atoms with Crippen LogP contribution in [0.15, 0.2) is 24.3 Å². The van der Waals surface area contributed by atoms with E-state index in [9.17, 15) is 0 Å². The number of benzene rings is 1. The predicted molar refractivity (Wildman–Crippen MR) is 47.5 cm³/mol. The van der Waals surface area contributed by atoms with Gasteiger partial charge in [-0.2, -0.15) is 24.3 Å². The number of anilines is 1. The zero-order valence-corrected chi connectivity index (χ0v) is 10.3. The number of nitrogens with two attached hydrogens (primary N) is 1. The summed E-state index contributed by atoms with van der Waals surface area (Å²) in [5, 5.41) is 0. The van der Waals surface area contributed by atoms with Gasteiger partial charge >= 0.3 is 0 Å². The molecule has 0 spiro atoms. The van der Waals surface area contributed by atoms with Gasteiger partial charge in [-0.1, -0.05) is 19.5 Å². The molecule has 0 amide bonds. The number of para-hydroxylation sites is 1. The molecule has 0 saturated heterocycles. The molecule has 2 N–H and O–H groups in total. The van der Waals surface area contributed by atoms with Crippen LogP contribution in [0.25, 0.3) is 0 Å². The molecule has 0 aliphatic heterocycles. The number of rotatable bonds is 0. The first-order valence-corrected chi connectivity index (χ1v) is 3.12. The molecule has 1 radical (unpaired) electrons. The third-order valence-electron chi connectivity index (χ3n) is 0.733. The van der Waals surface area contributed by atoms with E-state index in [0.29, 0.717) is 5.69 Å². The van der Waals surface area contributed by atoms with Crippen LogP contribution in [0.4, 0.5) is 5.69 Å². The van der Waals surface area contributed by atoms with Crippen LogP contribution in [-0.4, -0.2) is 0 Å². The van der Waals surface area contributed by atoms with E-state index in [4.69, 9.17) is 5.73 Å². The van der Waals surface area contributed by atoms with E-state index in [1.807, 2.05) is 26.0 Å². The minimum atomic E-state index is 0. The predicted octanol–water partition coefficient (Wildman–Crippen LogP) is 2.54. The molecule has 0 heterocycles. The van der Waals surface area contributed by atoms with Crippen LogP contribution in [0, 0.1) is 13.5 Å². The fourth-order valence-corrected chi connectivity index (χ4v) is 0.407. The summed E-state index contributed by atoms with van der Waals surface area (Å²) in [6, 6.07) is 10.2. The molecule has 1 rings (SSSR count). The minimum Gasteiger partial charge on any atom is -0.420 e. The molecule has 0 aliphatic rings. The van der Waals surface area contributed by atoms with Crippen LogP contribution < -0.4 is 5.73 Å². The molecular formula is C9H15NY-2. The Morgan fingerprint density at radius 3 is 2.00 bits per heavy atom. The van der Waals surface area contributed by atoms with Crippen molar-refractivity contribution in [1.82, 2.24) is 0 Å². The molecule has 0 aromatic heterocycles. The largest absolute Gasteiger partial charge is 0.420 e. The van der Waals surface area contributed by atoms with Crippen molar-refractivity contribution in [2.45, 2.75) is 13.8 Å². The van der Waals surface area contributed by atoms with E-state index in [1.54, 1.807) is 12.1 Å². The first-order chi connectivity index (χ1) is 4.39. The molecule has 1 aromatic carbocycles. The molecule has 1 nitrogen and oxygen atoms in total. The SMILES string of the molecule is CC.Nc1[c-]cccc1.[CH3-].[Y]. The quantitative estimate of drug-likeness (QED) is 0.534. The Hall–Kier alpha value is 0.124. The van der Waals surface area contributed by atoms with E-state index in [0.717, 1.165) is 0 Å².